The maximum Gasteiger partial charge on any atom is 0.309 e. The molecule has 11 nitrogen and oxygen atoms in total. The zero-order valence-corrected chi connectivity index (χ0v) is 21.7. The Morgan fingerprint density at radius 3 is 2.73 bits per heavy atom. The number of hydrogen-bond donors (Lipinski definition) is 2. The maximum absolute atomic E-state index is 13.0. The van der Waals surface area contributed by atoms with Crippen LogP contribution in [0.3, 0.4) is 0 Å². The van der Waals surface area contributed by atoms with Crippen molar-refractivity contribution in [2.24, 2.45) is 7.05 Å². The molecule has 11 heteroatoms. The van der Waals surface area contributed by atoms with Gasteiger partial charge in [-0.3, -0.25) is 9.48 Å². The predicted octanol–water partition coefficient (Wildman–Crippen LogP) is 3.26. The van der Waals surface area contributed by atoms with Crippen LogP contribution in [0.4, 0.5) is 11.6 Å². The molecule has 1 unspecified atom stereocenters. The molecule has 0 saturated carbocycles. The van der Waals surface area contributed by atoms with Crippen molar-refractivity contribution in [1.82, 2.24) is 40.2 Å². The Morgan fingerprint density at radius 2 is 2.00 bits per heavy atom. The lowest BCUT2D eigenvalue weighted by Gasteiger charge is -2.22. The van der Waals surface area contributed by atoms with Crippen LogP contribution in [0.1, 0.15) is 54.5 Å². The molecule has 4 heterocycles. The lowest BCUT2D eigenvalue weighted by Crippen LogP contribution is -2.35. The second-order valence-corrected chi connectivity index (χ2v) is 10.4. The molecule has 0 spiro atoms. The third-order valence-corrected chi connectivity index (χ3v) is 6.25. The molecule has 0 aliphatic carbocycles. The summed E-state index contributed by atoms with van der Waals surface area (Å²) < 4.78 is 7.37. The number of nitrogens with one attached hydrogen (secondary N) is 2. The van der Waals surface area contributed by atoms with E-state index >= 15 is 0 Å². The smallest absolute Gasteiger partial charge is 0.309 e. The van der Waals surface area contributed by atoms with Crippen LogP contribution in [0.5, 0.6) is 0 Å². The first-order valence-corrected chi connectivity index (χ1v) is 12.2. The molecule has 1 aliphatic heterocycles. The summed E-state index contributed by atoms with van der Waals surface area (Å²) in [4.78, 5) is 24.2. The molecular formula is C26H31N9O2. The van der Waals surface area contributed by atoms with Crippen molar-refractivity contribution in [2.45, 2.75) is 38.6 Å². The summed E-state index contributed by atoms with van der Waals surface area (Å²) in [5.41, 5.74) is 4.51. The van der Waals surface area contributed by atoms with Crippen LogP contribution in [0, 0.1) is 0 Å². The monoisotopic (exact) mass is 501 g/mol. The molecule has 5 rings (SSSR count). The lowest BCUT2D eigenvalue weighted by atomic mass is 9.96. The van der Waals surface area contributed by atoms with E-state index in [-0.39, 0.29) is 23.3 Å². The fraction of sp³-hybridized carbons (Fsp3) is 0.385. The van der Waals surface area contributed by atoms with Crippen LogP contribution in [0.2, 0.25) is 0 Å². The number of likely N-dealkylation sites (N-methyl/N-ethyl adjacent to an activating group) is 1. The highest BCUT2D eigenvalue weighted by Gasteiger charge is 2.28. The minimum Gasteiger partial charge on any atom is -0.416 e. The minimum absolute atomic E-state index is 0.0235. The van der Waals surface area contributed by atoms with E-state index in [2.05, 4.69) is 55.0 Å². The molecule has 1 atom stereocenters. The Labute approximate surface area is 215 Å². The topological polar surface area (TPSA) is 127 Å². The summed E-state index contributed by atoms with van der Waals surface area (Å²) in [6.45, 7) is 7.43. The first-order valence-electron chi connectivity index (χ1n) is 12.2. The van der Waals surface area contributed by atoms with Crippen molar-refractivity contribution in [3.63, 3.8) is 0 Å². The SMILES string of the molecule is CN1CCc2cc(-c3ccnc(Nc4cnn(C)c4)n3)ccc2C(NC(=O)c2nnc(C(C)(C)C)o2)C1. The molecule has 2 N–H and O–H groups in total. The highest BCUT2D eigenvalue weighted by atomic mass is 16.4. The highest BCUT2D eigenvalue weighted by Crippen LogP contribution is 2.29. The zero-order chi connectivity index (χ0) is 26.2. The number of carbonyl (C=O) groups is 1. The molecule has 0 radical (unpaired) electrons. The summed E-state index contributed by atoms with van der Waals surface area (Å²) in [5.74, 6) is 0.535. The number of benzene rings is 1. The van der Waals surface area contributed by atoms with Gasteiger partial charge in [0.15, 0.2) is 0 Å². The maximum atomic E-state index is 13.0. The van der Waals surface area contributed by atoms with Gasteiger partial charge >= 0.3 is 11.8 Å². The van der Waals surface area contributed by atoms with Crippen LogP contribution in [-0.4, -0.2) is 60.9 Å². The summed E-state index contributed by atoms with van der Waals surface area (Å²) in [6, 6.07) is 7.92. The highest BCUT2D eigenvalue weighted by molar-refractivity contribution is 5.89. The van der Waals surface area contributed by atoms with E-state index in [0.717, 1.165) is 41.0 Å². The van der Waals surface area contributed by atoms with Crippen LogP contribution in [0.15, 0.2) is 47.3 Å². The first-order chi connectivity index (χ1) is 17.7. The largest absolute Gasteiger partial charge is 0.416 e. The van der Waals surface area contributed by atoms with Gasteiger partial charge in [-0.05, 0) is 36.7 Å². The number of hydrogen-bond acceptors (Lipinski definition) is 9. The standard InChI is InChI=1S/C26H31N9O2/c1-26(2,3)24-33-32-23(37-24)22(36)30-21-15-34(4)11-9-16-12-17(6-7-19(16)21)20-8-10-27-25(31-20)29-18-13-28-35(5)14-18/h6-8,10,12-14,21H,9,11,15H2,1-5H3,(H,30,36)(H,27,29,31). The van der Waals surface area contributed by atoms with Gasteiger partial charge in [-0.2, -0.15) is 5.10 Å². The predicted molar refractivity (Wildman–Crippen MR) is 138 cm³/mol. The summed E-state index contributed by atoms with van der Waals surface area (Å²) in [6.07, 6.45) is 6.18. The van der Waals surface area contributed by atoms with Crippen molar-refractivity contribution < 1.29 is 9.21 Å². The van der Waals surface area contributed by atoms with E-state index in [1.807, 2.05) is 46.1 Å². The Morgan fingerprint density at radius 1 is 1.16 bits per heavy atom. The van der Waals surface area contributed by atoms with Crippen molar-refractivity contribution in [3.8, 4) is 11.3 Å². The Bertz CT molecular complexity index is 1420. The van der Waals surface area contributed by atoms with E-state index in [4.69, 9.17) is 9.40 Å². The zero-order valence-electron chi connectivity index (χ0n) is 21.7. The molecule has 0 fully saturated rings. The molecule has 37 heavy (non-hydrogen) atoms. The molecule has 1 amide bonds. The van der Waals surface area contributed by atoms with Gasteiger partial charge < -0.3 is 20.0 Å². The Hall–Kier alpha value is -4.12. The third kappa shape index (κ3) is 5.51. The van der Waals surface area contributed by atoms with Crippen molar-refractivity contribution in [3.05, 3.63) is 65.8 Å². The Balaban J connectivity index is 1.39. The van der Waals surface area contributed by atoms with Gasteiger partial charge in [-0.25, -0.2) is 9.97 Å². The van der Waals surface area contributed by atoms with E-state index < -0.39 is 0 Å². The summed E-state index contributed by atoms with van der Waals surface area (Å²) >= 11 is 0. The molecule has 0 bridgehead atoms. The van der Waals surface area contributed by atoms with Crippen LogP contribution in [0.25, 0.3) is 11.3 Å². The number of carbonyl (C=O) groups excluding carboxylic acids is 1. The van der Waals surface area contributed by atoms with Crippen LogP contribution >= 0.6 is 0 Å². The number of aromatic nitrogens is 6. The number of anilines is 2. The normalized spacial score (nSPS) is 16.2. The average Bonchev–Trinajstić information content (AvgIpc) is 3.48. The lowest BCUT2D eigenvalue weighted by molar-refractivity contribution is 0.0890. The Kier molecular flexibility index (Phi) is 6.46. The summed E-state index contributed by atoms with van der Waals surface area (Å²) in [5, 5.41) is 18.5. The third-order valence-electron chi connectivity index (χ3n) is 6.25. The first kappa shape index (κ1) is 24.6. The molecule has 3 aromatic heterocycles. The van der Waals surface area contributed by atoms with Gasteiger partial charge in [0, 0.05) is 43.5 Å². The fourth-order valence-corrected chi connectivity index (χ4v) is 4.29. The number of aryl methyl sites for hydroxylation is 1. The molecule has 192 valence electrons. The van der Waals surface area contributed by atoms with Gasteiger partial charge in [-0.15, -0.1) is 10.2 Å². The van der Waals surface area contributed by atoms with Crippen LogP contribution in [-0.2, 0) is 18.9 Å². The second kappa shape index (κ2) is 9.74. The number of fused-ring (bicyclic) bond motifs is 1. The van der Waals surface area contributed by atoms with Crippen molar-refractivity contribution in [1.29, 1.82) is 0 Å². The van der Waals surface area contributed by atoms with E-state index in [0.29, 0.717) is 18.4 Å². The van der Waals surface area contributed by atoms with Gasteiger partial charge in [0.2, 0.25) is 11.8 Å². The molecule has 0 saturated heterocycles. The van der Waals surface area contributed by atoms with E-state index in [1.165, 1.54) is 0 Å². The van der Waals surface area contributed by atoms with Crippen LogP contribution < -0.4 is 10.6 Å². The van der Waals surface area contributed by atoms with Gasteiger partial charge in [0.1, 0.15) is 0 Å². The van der Waals surface area contributed by atoms with E-state index in [9.17, 15) is 4.79 Å². The second-order valence-electron chi connectivity index (χ2n) is 10.4. The average molecular weight is 502 g/mol. The molecular weight excluding hydrogens is 470 g/mol. The number of amides is 1. The number of nitrogens with zero attached hydrogens (tertiary/aromatic N) is 7. The molecule has 1 aromatic carbocycles. The quantitative estimate of drug-likeness (QED) is 0.424. The van der Waals surface area contributed by atoms with Gasteiger partial charge in [0.25, 0.3) is 0 Å². The van der Waals surface area contributed by atoms with Gasteiger partial charge in [0.05, 0.1) is 23.6 Å². The molecule has 4 aromatic rings. The molecule has 1 aliphatic rings. The minimum atomic E-state index is -0.375. The van der Waals surface area contributed by atoms with Crippen molar-refractivity contribution in [2.75, 3.05) is 25.5 Å². The van der Waals surface area contributed by atoms with Crippen molar-refractivity contribution >= 4 is 17.5 Å². The van der Waals surface area contributed by atoms with E-state index in [1.54, 1.807) is 17.1 Å². The number of rotatable bonds is 5. The fourth-order valence-electron chi connectivity index (χ4n) is 4.29. The van der Waals surface area contributed by atoms with Gasteiger partial charge in [-0.1, -0.05) is 32.9 Å². The summed E-state index contributed by atoms with van der Waals surface area (Å²) in [7, 11) is 3.91.